The lowest BCUT2D eigenvalue weighted by Gasteiger charge is -2.53. The third-order valence-corrected chi connectivity index (χ3v) is 8.48. The minimum absolute atomic E-state index is 0.00325. The molecule has 2 nitrogen and oxygen atoms in total. The molecule has 7 atom stereocenters. The zero-order valence-electron chi connectivity index (χ0n) is 15.6. The lowest BCUT2D eigenvalue weighted by atomic mass is 9.51. The van der Waals surface area contributed by atoms with Crippen molar-refractivity contribution in [2.45, 2.75) is 65.2 Å². The average Bonchev–Trinajstić information content (AvgIpc) is 2.93. The summed E-state index contributed by atoms with van der Waals surface area (Å²) in [5.41, 5.74) is 1.40. The number of halogens is 1. The van der Waals surface area contributed by atoms with Crippen LogP contribution < -0.4 is 0 Å². The van der Waals surface area contributed by atoms with Crippen LogP contribution in [0.2, 0.25) is 0 Å². The number of fused-ring (bicyclic) bond motifs is 5. The summed E-state index contributed by atoms with van der Waals surface area (Å²) in [5.74, 6) is 2.97. The molecular formula is C22H31FO2. The molecule has 0 amide bonds. The van der Waals surface area contributed by atoms with E-state index in [-0.39, 0.29) is 17.1 Å². The molecule has 0 saturated heterocycles. The Morgan fingerprint density at radius 1 is 1.24 bits per heavy atom. The second-order valence-corrected chi connectivity index (χ2v) is 9.33. The Bertz CT molecular complexity index is 609. The molecule has 3 saturated carbocycles. The standard InChI is InChI=1S/C22H31FO2/c1-3-13-11-19-18-6-4-14-10-15(24)5-7-16(14)17(18)8-9-22(19,2)21(13)20(25)12-23/h10,13,16-19,21H,3-9,11-12H2,1-2H3/t13-,16+,17-,18-,19+,21-,22+/m1/s1. The number of alkyl halides is 1. The SMILES string of the molecule is CC[C@@H]1C[C@H]2[C@@H]3CCC4=CC(=O)CC[C@@H]4[C@H]3CC[C@]2(C)[C@H]1C(=O)CF. The van der Waals surface area contributed by atoms with Gasteiger partial charge in [-0.25, -0.2) is 4.39 Å². The Balaban J connectivity index is 1.64. The highest BCUT2D eigenvalue weighted by atomic mass is 19.1. The number of rotatable bonds is 3. The highest BCUT2D eigenvalue weighted by molar-refractivity contribution is 5.91. The van der Waals surface area contributed by atoms with Crippen molar-refractivity contribution < 1.29 is 14.0 Å². The van der Waals surface area contributed by atoms with Crippen molar-refractivity contribution in [3.8, 4) is 0 Å². The van der Waals surface area contributed by atoms with Crippen LogP contribution in [0.25, 0.3) is 0 Å². The van der Waals surface area contributed by atoms with Crippen molar-refractivity contribution >= 4 is 11.6 Å². The third-order valence-electron chi connectivity index (χ3n) is 8.48. The molecule has 0 spiro atoms. The molecule has 0 unspecified atom stereocenters. The Morgan fingerprint density at radius 3 is 2.76 bits per heavy atom. The summed E-state index contributed by atoms with van der Waals surface area (Å²) in [6.45, 7) is 3.66. The van der Waals surface area contributed by atoms with Crippen LogP contribution in [-0.2, 0) is 9.59 Å². The average molecular weight is 346 g/mol. The summed E-state index contributed by atoms with van der Waals surface area (Å²) in [6.07, 6.45) is 10.2. The van der Waals surface area contributed by atoms with Crippen LogP contribution in [0.1, 0.15) is 65.2 Å². The number of carbonyl (C=O) groups is 2. The molecule has 0 bridgehead atoms. The monoisotopic (exact) mass is 346 g/mol. The summed E-state index contributed by atoms with van der Waals surface area (Å²) in [4.78, 5) is 24.2. The fraction of sp³-hybridized carbons (Fsp3) is 0.818. The first-order valence-electron chi connectivity index (χ1n) is 10.3. The van der Waals surface area contributed by atoms with Crippen LogP contribution in [0, 0.1) is 40.9 Å². The van der Waals surface area contributed by atoms with Crippen LogP contribution >= 0.6 is 0 Å². The summed E-state index contributed by atoms with van der Waals surface area (Å²) in [7, 11) is 0. The molecule has 3 fully saturated rings. The molecule has 0 aromatic rings. The van der Waals surface area contributed by atoms with Crippen molar-refractivity contribution in [1.82, 2.24) is 0 Å². The molecule has 0 aliphatic heterocycles. The highest BCUT2D eigenvalue weighted by Gasteiger charge is 2.60. The van der Waals surface area contributed by atoms with Gasteiger partial charge in [-0.3, -0.25) is 9.59 Å². The smallest absolute Gasteiger partial charge is 0.167 e. The van der Waals surface area contributed by atoms with Crippen molar-refractivity contribution in [3.05, 3.63) is 11.6 Å². The normalized spacial score (nSPS) is 46.0. The van der Waals surface area contributed by atoms with E-state index in [4.69, 9.17) is 0 Å². The van der Waals surface area contributed by atoms with Crippen molar-refractivity contribution in [2.75, 3.05) is 6.67 Å². The zero-order valence-corrected chi connectivity index (χ0v) is 15.6. The van der Waals surface area contributed by atoms with Crippen LogP contribution in [0.3, 0.4) is 0 Å². The molecule has 0 N–H and O–H groups in total. The molecule has 25 heavy (non-hydrogen) atoms. The minimum Gasteiger partial charge on any atom is -0.296 e. The van der Waals surface area contributed by atoms with Gasteiger partial charge >= 0.3 is 0 Å². The Morgan fingerprint density at radius 2 is 2.04 bits per heavy atom. The Labute approximate surface area is 150 Å². The van der Waals surface area contributed by atoms with Crippen LogP contribution in [0.5, 0.6) is 0 Å². The van der Waals surface area contributed by atoms with Crippen LogP contribution in [-0.4, -0.2) is 18.2 Å². The van der Waals surface area contributed by atoms with Gasteiger partial charge in [-0.15, -0.1) is 0 Å². The Kier molecular flexibility index (Phi) is 4.40. The van der Waals surface area contributed by atoms with Gasteiger partial charge in [0.15, 0.2) is 11.6 Å². The molecule has 0 radical (unpaired) electrons. The second kappa shape index (κ2) is 6.32. The molecule has 4 aliphatic carbocycles. The molecule has 4 rings (SSSR count). The first-order chi connectivity index (χ1) is 12.0. The number of hydrogen-bond donors (Lipinski definition) is 0. The quantitative estimate of drug-likeness (QED) is 0.727. The predicted molar refractivity (Wildman–Crippen MR) is 95.7 cm³/mol. The van der Waals surface area contributed by atoms with Gasteiger partial charge in [0.05, 0.1) is 0 Å². The number of ketones is 2. The van der Waals surface area contributed by atoms with E-state index < -0.39 is 6.67 Å². The van der Waals surface area contributed by atoms with E-state index in [0.717, 1.165) is 44.9 Å². The van der Waals surface area contributed by atoms with Crippen molar-refractivity contribution in [1.29, 1.82) is 0 Å². The summed E-state index contributed by atoms with van der Waals surface area (Å²) >= 11 is 0. The van der Waals surface area contributed by atoms with E-state index >= 15 is 0 Å². The molecule has 3 heteroatoms. The second-order valence-electron chi connectivity index (χ2n) is 9.33. The van der Waals surface area contributed by atoms with E-state index in [1.807, 2.05) is 6.08 Å². The predicted octanol–water partition coefficient (Wildman–Crippen LogP) is 4.92. The topological polar surface area (TPSA) is 34.1 Å². The van der Waals surface area contributed by atoms with E-state index in [1.165, 1.54) is 5.57 Å². The molecular weight excluding hydrogens is 315 g/mol. The highest BCUT2D eigenvalue weighted by Crippen LogP contribution is 2.65. The Hall–Kier alpha value is -0.990. The third kappa shape index (κ3) is 2.56. The molecule has 138 valence electrons. The van der Waals surface area contributed by atoms with Crippen molar-refractivity contribution in [3.63, 3.8) is 0 Å². The number of allylic oxidation sites excluding steroid dienone is 1. The molecule has 0 aromatic carbocycles. The maximum atomic E-state index is 13.3. The number of hydrogen-bond acceptors (Lipinski definition) is 2. The summed E-state index contributed by atoms with van der Waals surface area (Å²) < 4.78 is 13.3. The summed E-state index contributed by atoms with van der Waals surface area (Å²) in [5, 5.41) is 0. The number of Topliss-reactive ketones (excluding diaryl/α,β-unsaturated/α-hetero) is 1. The van der Waals surface area contributed by atoms with Gasteiger partial charge in [0.1, 0.15) is 6.67 Å². The molecule has 0 aromatic heterocycles. The largest absolute Gasteiger partial charge is 0.296 e. The maximum absolute atomic E-state index is 13.3. The van der Waals surface area contributed by atoms with E-state index in [2.05, 4.69) is 13.8 Å². The van der Waals surface area contributed by atoms with Gasteiger partial charge < -0.3 is 0 Å². The lowest BCUT2D eigenvalue weighted by molar-refractivity contribution is -0.131. The van der Waals surface area contributed by atoms with Gasteiger partial charge in [-0.1, -0.05) is 25.8 Å². The fourth-order valence-electron chi connectivity index (χ4n) is 7.48. The van der Waals surface area contributed by atoms with Gasteiger partial charge in [0.2, 0.25) is 0 Å². The fourth-order valence-corrected chi connectivity index (χ4v) is 7.48. The van der Waals surface area contributed by atoms with E-state index in [9.17, 15) is 14.0 Å². The van der Waals surface area contributed by atoms with E-state index in [1.54, 1.807) is 0 Å². The van der Waals surface area contributed by atoms with Gasteiger partial charge in [0.25, 0.3) is 0 Å². The summed E-state index contributed by atoms with van der Waals surface area (Å²) in [6, 6.07) is 0. The molecule has 4 aliphatic rings. The number of carbonyl (C=O) groups excluding carboxylic acids is 2. The van der Waals surface area contributed by atoms with Crippen LogP contribution in [0.15, 0.2) is 11.6 Å². The lowest BCUT2D eigenvalue weighted by Crippen LogP contribution is -2.48. The van der Waals surface area contributed by atoms with Gasteiger partial charge in [-0.2, -0.15) is 0 Å². The zero-order chi connectivity index (χ0) is 17.8. The first-order valence-corrected chi connectivity index (χ1v) is 10.3. The van der Waals surface area contributed by atoms with Gasteiger partial charge in [0, 0.05) is 12.3 Å². The van der Waals surface area contributed by atoms with Gasteiger partial charge in [-0.05, 0) is 79.6 Å². The maximum Gasteiger partial charge on any atom is 0.167 e. The van der Waals surface area contributed by atoms with Crippen LogP contribution in [0.4, 0.5) is 4.39 Å². The molecule has 0 heterocycles. The minimum atomic E-state index is -0.796. The van der Waals surface area contributed by atoms with E-state index in [0.29, 0.717) is 41.8 Å². The van der Waals surface area contributed by atoms with Crippen molar-refractivity contribution in [2.24, 2.45) is 40.9 Å². The first kappa shape index (κ1) is 17.4.